The first-order valence-corrected chi connectivity index (χ1v) is 14.8. The number of fused-ring (bicyclic) bond motifs is 1. The number of hydrogen-bond acceptors (Lipinski definition) is 9. The fourth-order valence-electron chi connectivity index (χ4n) is 4.28. The van der Waals surface area contributed by atoms with Crippen molar-refractivity contribution >= 4 is 33.7 Å². The summed E-state index contributed by atoms with van der Waals surface area (Å²) in [7, 11) is -4.28. The molecular formula is C29H29FN4O8S. The molecule has 226 valence electrons. The van der Waals surface area contributed by atoms with Gasteiger partial charge in [0.05, 0.1) is 30.0 Å². The Morgan fingerprint density at radius 3 is 2.37 bits per heavy atom. The molecule has 14 heteroatoms. The van der Waals surface area contributed by atoms with Crippen molar-refractivity contribution in [1.82, 2.24) is 10.3 Å². The zero-order valence-corrected chi connectivity index (χ0v) is 23.8. The van der Waals surface area contributed by atoms with Crippen molar-refractivity contribution in [3.8, 4) is 17.2 Å². The minimum absolute atomic E-state index is 0.0816. The van der Waals surface area contributed by atoms with Crippen LogP contribution >= 0.6 is 0 Å². The molecule has 0 aliphatic carbocycles. The van der Waals surface area contributed by atoms with Crippen LogP contribution in [0.4, 0.5) is 10.1 Å². The molecular weight excluding hydrogens is 583 g/mol. The highest BCUT2D eigenvalue weighted by atomic mass is 32.2. The number of hydrazone groups is 1. The highest BCUT2D eigenvalue weighted by molar-refractivity contribution is 7.92. The molecule has 1 fully saturated rings. The molecule has 2 aliphatic rings. The lowest BCUT2D eigenvalue weighted by molar-refractivity contribution is -0.137. The summed E-state index contributed by atoms with van der Waals surface area (Å²) >= 11 is 0. The fraction of sp³-hybridized carbons (Fsp3) is 0.276. The van der Waals surface area contributed by atoms with Gasteiger partial charge in [0.1, 0.15) is 31.3 Å². The first kappa shape index (κ1) is 29.8. The Morgan fingerprint density at radius 2 is 1.65 bits per heavy atom. The average Bonchev–Trinajstić information content (AvgIpc) is 3.03. The van der Waals surface area contributed by atoms with E-state index in [0.717, 1.165) is 16.4 Å². The SMILES string of the molecule is O=C(CN(c1ccc(F)cc1)S(=O)(=O)c1ccc2c(c1)OCCO2)N/N=C\c1ccc(OCC(=O)N2CCOCC2)cc1. The van der Waals surface area contributed by atoms with Gasteiger partial charge >= 0.3 is 0 Å². The lowest BCUT2D eigenvalue weighted by Crippen LogP contribution is -2.42. The monoisotopic (exact) mass is 612 g/mol. The van der Waals surface area contributed by atoms with Crippen LogP contribution in [0.25, 0.3) is 0 Å². The molecule has 3 aromatic rings. The number of sulfonamides is 1. The van der Waals surface area contributed by atoms with Crippen molar-refractivity contribution in [2.24, 2.45) is 5.10 Å². The molecule has 0 aromatic heterocycles. The van der Waals surface area contributed by atoms with Crippen LogP contribution < -0.4 is 23.9 Å². The predicted octanol–water partition coefficient (Wildman–Crippen LogP) is 2.18. The van der Waals surface area contributed by atoms with Crippen LogP contribution in [0.5, 0.6) is 17.2 Å². The van der Waals surface area contributed by atoms with E-state index < -0.39 is 28.3 Å². The largest absolute Gasteiger partial charge is 0.486 e. The standard InChI is InChI=1S/C29H29FN4O8S/c30-22-3-5-23(6-4-22)34(43(37,38)25-9-10-26-27(17-25)41-16-15-40-26)19-28(35)32-31-18-21-1-7-24(8-2-21)42-20-29(36)33-11-13-39-14-12-33/h1-10,17-18H,11-16,19-20H2,(H,32,35)/b31-18-. The molecule has 0 unspecified atom stereocenters. The van der Waals surface area contributed by atoms with Crippen LogP contribution in [0, 0.1) is 5.82 Å². The molecule has 1 N–H and O–H groups in total. The van der Waals surface area contributed by atoms with E-state index in [2.05, 4.69) is 10.5 Å². The summed E-state index contributed by atoms with van der Waals surface area (Å²) in [6, 6.07) is 15.6. The quantitative estimate of drug-likeness (QED) is 0.272. The highest BCUT2D eigenvalue weighted by Gasteiger charge is 2.29. The Morgan fingerprint density at radius 1 is 0.953 bits per heavy atom. The topological polar surface area (TPSA) is 136 Å². The number of rotatable bonds is 10. The minimum Gasteiger partial charge on any atom is -0.486 e. The van der Waals surface area contributed by atoms with Gasteiger partial charge in [-0.2, -0.15) is 5.10 Å². The van der Waals surface area contributed by atoms with Crippen LogP contribution in [-0.2, 0) is 24.3 Å². The van der Waals surface area contributed by atoms with Crippen molar-refractivity contribution in [2.45, 2.75) is 4.90 Å². The van der Waals surface area contributed by atoms with E-state index in [1.807, 2.05) is 0 Å². The number of ether oxygens (including phenoxy) is 4. The summed E-state index contributed by atoms with van der Waals surface area (Å²) in [5.41, 5.74) is 3.02. The van der Waals surface area contributed by atoms with Gasteiger partial charge in [0, 0.05) is 19.2 Å². The van der Waals surface area contributed by atoms with Gasteiger partial charge in [-0.1, -0.05) is 0 Å². The van der Waals surface area contributed by atoms with Gasteiger partial charge in [0.25, 0.3) is 21.8 Å². The van der Waals surface area contributed by atoms with Gasteiger partial charge in [-0.25, -0.2) is 18.2 Å². The molecule has 12 nitrogen and oxygen atoms in total. The normalized spacial score (nSPS) is 14.8. The molecule has 1 saturated heterocycles. The third-order valence-corrected chi connectivity index (χ3v) is 8.28. The van der Waals surface area contributed by atoms with Crippen molar-refractivity contribution < 1.29 is 41.3 Å². The van der Waals surface area contributed by atoms with Crippen LogP contribution in [0.2, 0.25) is 0 Å². The number of carbonyl (C=O) groups is 2. The summed E-state index contributed by atoms with van der Waals surface area (Å²) in [4.78, 5) is 26.6. The molecule has 5 rings (SSSR count). The second kappa shape index (κ2) is 13.5. The second-order valence-corrected chi connectivity index (χ2v) is 11.3. The number of anilines is 1. The molecule has 0 spiro atoms. The Hall–Kier alpha value is -4.69. The predicted molar refractivity (Wildman–Crippen MR) is 153 cm³/mol. The van der Waals surface area contributed by atoms with Crippen molar-refractivity contribution in [3.05, 3.63) is 78.1 Å². The van der Waals surface area contributed by atoms with E-state index in [1.54, 1.807) is 29.2 Å². The molecule has 0 atom stereocenters. The minimum atomic E-state index is -4.28. The number of amides is 2. The lowest BCUT2D eigenvalue weighted by Gasteiger charge is -2.26. The number of halogens is 1. The molecule has 43 heavy (non-hydrogen) atoms. The number of benzene rings is 3. The second-order valence-electron chi connectivity index (χ2n) is 9.44. The average molecular weight is 613 g/mol. The van der Waals surface area contributed by atoms with Gasteiger partial charge in [-0.05, 0) is 66.2 Å². The van der Waals surface area contributed by atoms with Crippen molar-refractivity contribution in [2.75, 3.05) is 57.0 Å². The Labute approximate surface area is 247 Å². The summed E-state index contributed by atoms with van der Waals surface area (Å²) in [5, 5.41) is 3.92. The van der Waals surface area contributed by atoms with E-state index in [-0.39, 0.29) is 35.5 Å². The van der Waals surface area contributed by atoms with E-state index >= 15 is 0 Å². The zero-order valence-electron chi connectivity index (χ0n) is 23.0. The number of hydrogen-bond donors (Lipinski definition) is 1. The third-order valence-electron chi connectivity index (χ3n) is 6.51. The Kier molecular flexibility index (Phi) is 9.37. The zero-order chi connectivity index (χ0) is 30.2. The van der Waals surface area contributed by atoms with E-state index in [4.69, 9.17) is 18.9 Å². The first-order valence-electron chi connectivity index (χ1n) is 13.4. The van der Waals surface area contributed by atoms with Gasteiger partial charge in [-0.3, -0.25) is 13.9 Å². The van der Waals surface area contributed by atoms with Gasteiger partial charge in [-0.15, -0.1) is 0 Å². The highest BCUT2D eigenvalue weighted by Crippen LogP contribution is 2.34. The third kappa shape index (κ3) is 7.59. The fourth-order valence-corrected chi connectivity index (χ4v) is 5.71. The van der Waals surface area contributed by atoms with Crippen LogP contribution in [0.3, 0.4) is 0 Å². The smallest absolute Gasteiger partial charge is 0.264 e. The molecule has 0 bridgehead atoms. The summed E-state index contributed by atoms with van der Waals surface area (Å²) < 4.78 is 63.5. The molecule has 2 heterocycles. The number of nitrogens with one attached hydrogen (secondary N) is 1. The summed E-state index contributed by atoms with van der Waals surface area (Å²) in [6.45, 7) is 1.98. The first-order chi connectivity index (χ1) is 20.8. The van der Waals surface area contributed by atoms with Crippen LogP contribution in [-0.4, -0.2) is 84.0 Å². The lowest BCUT2D eigenvalue weighted by atomic mass is 10.2. The molecule has 0 radical (unpaired) electrons. The van der Waals surface area contributed by atoms with Crippen LogP contribution in [0.15, 0.2) is 76.7 Å². The Bertz CT molecular complexity index is 1580. The van der Waals surface area contributed by atoms with Gasteiger partial charge < -0.3 is 23.8 Å². The maximum atomic E-state index is 13.6. The summed E-state index contributed by atoms with van der Waals surface area (Å²) in [6.07, 6.45) is 1.37. The number of nitrogens with zero attached hydrogens (tertiary/aromatic N) is 3. The van der Waals surface area contributed by atoms with Crippen molar-refractivity contribution in [1.29, 1.82) is 0 Å². The summed E-state index contributed by atoms with van der Waals surface area (Å²) in [5.74, 6) is -0.255. The molecule has 0 saturated carbocycles. The maximum absolute atomic E-state index is 13.6. The van der Waals surface area contributed by atoms with Crippen molar-refractivity contribution in [3.63, 3.8) is 0 Å². The maximum Gasteiger partial charge on any atom is 0.264 e. The van der Waals surface area contributed by atoms with E-state index in [9.17, 15) is 22.4 Å². The van der Waals surface area contributed by atoms with E-state index in [1.165, 1.54) is 36.5 Å². The molecule has 2 amide bonds. The molecule has 2 aliphatic heterocycles. The number of carbonyl (C=O) groups excluding carboxylic acids is 2. The number of morpholine rings is 1. The van der Waals surface area contributed by atoms with E-state index in [0.29, 0.717) is 50.0 Å². The molecule has 3 aromatic carbocycles. The van der Waals surface area contributed by atoms with Gasteiger partial charge in [0.15, 0.2) is 18.1 Å². The Balaban J connectivity index is 1.22. The van der Waals surface area contributed by atoms with Gasteiger partial charge in [0.2, 0.25) is 0 Å². The van der Waals surface area contributed by atoms with Crippen LogP contribution in [0.1, 0.15) is 5.56 Å².